The number of halogens is 3. The molecule has 7 nitrogen and oxygen atoms in total. The summed E-state index contributed by atoms with van der Waals surface area (Å²) in [6, 6.07) is 7.64. The first-order valence-electron chi connectivity index (χ1n) is 9.84. The van der Waals surface area contributed by atoms with E-state index in [1.54, 1.807) is 13.8 Å². The van der Waals surface area contributed by atoms with Crippen LogP contribution in [-0.2, 0) is 16.2 Å². The summed E-state index contributed by atoms with van der Waals surface area (Å²) in [5.74, 6) is -0.389. The van der Waals surface area contributed by atoms with Gasteiger partial charge >= 0.3 is 6.18 Å². The molecule has 2 heterocycles. The van der Waals surface area contributed by atoms with E-state index in [0.717, 1.165) is 12.1 Å². The number of rotatable bonds is 4. The van der Waals surface area contributed by atoms with Gasteiger partial charge < -0.3 is 4.90 Å². The van der Waals surface area contributed by atoms with Crippen molar-refractivity contribution in [1.29, 1.82) is 5.26 Å². The van der Waals surface area contributed by atoms with E-state index in [1.807, 2.05) is 6.07 Å². The first kappa shape index (κ1) is 23.7. The second kappa shape index (κ2) is 8.88. The Bertz CT molecular complexity index is 1160. The fourth-order valence-corrected chi connectivity index (χ4v) is 4.55. The molecular weight excluding hydrogens is 445 g/mol. The molecule has 0 aliphatic carbocycles. The molecule has 3 rings (SSSR count). The molecule has 1 amide bonds. The average Bonchev–Trinajstić information content (AvgIpc) is 2.78. The molecule has 1 aliphatic rings. The summed E-state index contributed by atoms with van der Waals surface area (Å²) >= 11 is 0. The number of pyridine rings is 1. The Morgan fingerprint density at radius 2 is 1.75 bits per heavy atom. The van der Waals surface area contributed by atoms with Gasteiger partial charge in [-0.1, -0.05) is 12.1 Å². The predicted molar refractivity (Wildman–Crippen MR) is 111 cm³/mol. The number of carbonyl (C=O) groups excluding carboxylic acids is 1. The van der Waals surface area contributed by atoms with Crippen molar-refractivity contribution in [3.8, 4) is 17.3 Å². The van der Waals surface area contributed by atoms with Gasteiger partial charge in [-0.05, 0) is 32.0 Å². The lowest BCUT2D eigenvalue weighted by atomic mass is 10.0. The Labute approximate surface area is 184 Å². The van der Waals surface area contributed by atoms with E-state index < -0.39 is 21.8 Å². The van der Waals surface area contributed by atoms with E-state index in [4.69, 9.17) is 0 Å². The van der Waals surface area contributed by atoms with E-state index in [1.165, 1.54) is 27.4 Å². The third kappa shape index (κ3) is 4.76. The summed E-state index contributed by atoms with van der Waals surface area (Å²) in [6.45, 7) is 3.93. The zero-order valence-corrected chi connectivity index (χ0v) is 18.3. The van der Waals surface area contributed by atoms with Crippen LogP contribution in [0, 0.1) is 18.3 Å². The van der Waals surface area contributed by atoms with Gasteiger partial charge in [0.15, 0.2) is 0 Å². The second-order valence-corrected chi connectivity index (χ2v) is 9.55. The minimum absolute atomic E-state index is 0.0130. The average molecular weight is 466 g/mol. The molecule has 32 heavy (non-hydrogen) atoms. The van der Waals surface area contributed by atoms with E-state index in [0.29, 0.717) is 11.3 Å². The number of hydrogen-bond acceptors (Lipinski definition) is 5. The lowest BCUT2D eigenvalue weighted by molar-refractivity contribution is -0.137. The minimum Gasteiger partial charge on any atom is -0.336 e. The SMILES string of the molecule is CCS(=O)(=O)N1CCN(C(=O)c2cc(C#N)c(-c3ccc(C(F)(F)F)cc3)nc2C)CC1. The van der Waals surface area contributed by atoms with Crippen LogP contribution in [0.2, 0.25) is 0 Å². The number of aromatic nitrogens is 1. The van der Waals surface area contributed by atoms with Crippen LogP contribution in [0.25, 0.3) is 11.3 Å². The quantitative estimate of drug-likeness (QED) is 0.690. The number of hydrogen-bond donors (Lipinski definition) is 0. The number of aryl methyl sites for hydroxylation is 1. The van der Waals surface area contributed by atoms with Crippen LogP contribution in [-0.4, -0.2) is 60.4 Å². The number of nitrogens with zero attached hydrogens (tertiary/aromatic N) is 4. The van der Waals surface area contributed by atoms with Gasteiger partial charge in [-0.15, -0.1) is 0 Å². The molecule has 0 saturated carbocycles. The van der Waals surface area contributed by atoms with Crippen molar-refractivity contribution in [3.63, 3.8) is 0 Å². The maximum absolute atomic E-state index is 13.0. The summed E-state index contributed by atoms with van der Waals surface area (Å²) in [5.41, 5.74) is 0.291. The summed E-state index contributed by atoms with van der Waals surface area (Å²) in [4.78, 5) is 18.8. The maximum Gasteiger partial charge on any atom is 0.416 e. The van der Waals surface area contributed by atoms with Crippen molar-refractivity contribution in [2.24, 2.45) is 0 Å². The Morgan fingerprint density at radius 3 is 2.25 bits per heavy atom. The molecule has 1 aromatic heterocycles. The van der Waals surface area contributed by atoms with Gasteiger partial charge in [0.05, 0.1) is 33.8 Å². The summed E-state index contributed by atoms with van der Waals surface area (Å²) in [5, 5.41) is 9.55. The zero-order valence-electron chi connectivity index (χ0n) is 17.5. The minimum atomic E-state index is -4.48. The van der Waals surface area contributed by atoms with Crippen LogP contribution in [0.4, 0.5) is 13.2 Å². The largest absolute Gasteiger partial charge is 0.416 e. The first-order chi connectivity index (χ1) is 15.0. The molecule has 1 aromatic carbocycles. The Hall–Kier alpha value is -2.97. The predicted octanol–water partition coefficient (Wildman–Crippen LogP) is 3.06. The normalized spacial score (nSPS) is 15.4. The van der Waals surface area contributed by atoms with E-state index in [-0.39, 0.29) is 54.7 Å². The number of benzene rings is 1. The smallest absolute Gasteiger partial charge is 0.336 e. The van der Waals surface area contributed by atoms with Crippen LogP contribution < -0.4 is 0 Å². The second-order valence-electron chi connectivity index (χ2n) is 7.30. The molecule has 0 atom stereocenters. The van der Waals surface area contributed by atoms with Crippen molar-refractivity contribution in [3.05, 3.63) is 52.7 Å². The van der Waals surface area contributed by atoms with Gasteiger partial charge in [-0.2, -0.15) is 22.7 Å². The van der Waals surface area contributed by atoms with Crippen LogP contribution in [0.15, 0.2) is 30.3 Å². The molecular formula is C21H21F3N4O3S. The first-order valence-corrected chi connectivity index (χ1v) is 11.4. The number of nitriles is 1. The van der Waals surface area contributed by atoms with Gasteiger partial charge in [0, 0.05) is 31.7 Å². The fourth-order valence-electron chi connectivity index (χ4n) is 3.47. The Kier molecular flexibility index (Phi) is 6.57. The van der Waals surface area contributed by atoms with E-state index in [9.17, 15) is 31.6 Å². The molecule has 11 heteroatoms. The number of sulfonamides is 1. The highest BCUT2D eigenvalue weighted by molar-refractivity contribution is 7.89. The molecule has 0 spiro atoms. The van der Waals surface area contributed by atoms with Crippen molar-refractivity contribution in [1.82, 2.24) is 14.2 Å². The number of alkyl halides is 3. The molecule has 0 unspecified atom stereocenters. The van der Waals surface area contributed by atoms with Gasteiger partial charge in [-0.25, -0.2) is 8.42 Å². The van der Waals surface area contributed by atoms with Crippen molar-refractivity contribution in [2.45, 2.75) is 20.0 Å². The molecule has 1 aliphatic heterocycles. The molecule has 1 saturated heterocycles. The molecule has 0 radical (unpaired) electrons. The summed E-state index contributed by atoms with van der Waals surface area (Å²) in [6.07, 6.45) is -4.48. The van der Waals surface area contributed by atoms with E-state index >= 15 is 0 Å². The van der Waals surface area contributed by atoms with E-state index in [2.05, 4.69) is 4.98 Å². The standard InChI is InChI=1S/C21H21F3N4O3S/c1-3-32(30,31)28-10-8-27(9-11-28)20(29)18-12-16(13-25)19(26-14(18)2)15-4-6-17(7-5-15)21(22,23)24/h4-7,12H,3,8-11H2,1-2H3. The van der Waals surface area contributed by atoms with Gasteiger partial charge in [0.25, 0.3) is 5.91 Å². The van der Waals surface area contributed by atoms with Crippen molar-refractivity contribution >= 4 is 15.9 Å². The highest BCUT2D eigenvalue weighted by atomic mass is 32.2. The Morgan fingerprint density at radius 1 is 1.16 bits per heavy atom. The third-order valence-corrected chi connectivity index (χ3v) is 7.22. The fraction of sp³-hybridized carbons (Fsp3) is 0.381. The third-order valence-electron chi connectivity index (χ3n) is 5.33. The van der Waals surface area contributed by atoms with Gasteiger partial charge in [-0.3, -0.25) is 9.78 Å². The molecule has 0 N–H and O–H groups in total. The molecule has 1 fully saturated rings. The van der Waals surface area contributed by atoms with Crippen LogP contribution in [0.3, 0.4) is 0 Å². The number of piperazine rings is 1. The van der Waals surface area contributed by atoms with Crippen LogP contribution >= 0.6 is 0 Å². The maximum atomic E-state index is 13.0. The molecule has 0 bridgehead atoms. The van der Waals surface area contributed by atoms with Crippen molar-refractivity contribution in [2.75, 3.05) is 31.9 Å². The van der Waals surface area contributed by atoms with Crippen LogP contribution in [0.1, 0.15) is 34.1 Å². The lowest BCUT2D eigenvalue weighted by Gasteiger charge is -2.34. The Balaban J connectivity index is 1.86. The van der Waals surface area contributed by atoms with Gasteiger partial charge in [0.2, 0.25) is 10.0 Å². The zero-order chi connectivity index (χ0) is 23.7. The topological polar surface area (TPSA) is 94.4 Å². The molecule has 170 valence electrons. The lowest BCUT2D eigenvalue weighted by Crippen LogP contribution is -2.51. The van der Waals surface area contributed by atoms with Crippen LogP contribution in [0.5, 0.6) is 0 Å². The summed E-state index contributed by atoms with van der Waals surface area (Å²) in [7, 11) is -3.33. The highest BCUT2D eigenvalue weighted by Gasteiger charge is 2.31. The molecule has 2 aromatic rings. The number of amides is 1. The number of carbonyl (C=O) groups is 1. The summed E-state index contributed by atoms with van der Waals surface area (Å²) < 4.78 is 63.8. The highest BCUT2D eigenvalue weighted by Crippen LogP contribution is 2.32. The van der Waals surface area contributed by atoms with Gasteiger partial charge in [0.1, 0.15) is 6.07 Å². The monoisotopic (exact) mass is 466 g/mol. The van der Waals surface area contributed by atoms with Crippen molar-refractivity contribution < 1.29 is 26.4 Å².